The summed E-state index contributed by atoms with van der Waals surface area (Å²) in [5.74, 6) is 8.35. The van der Waals surface area contributed by atoms with Gasteiger partial charge in [0.2, 0.25) is 0 Å². The van der Waals surface area contributed by atoms with Crippen molar-refractivity contribution in [3.05, 3.63) is 0 Å². The second-order valence-corrected chi connectivity index (χ2v) is 29.0. The van der Waals surface area contributed by atoms with Crippen molar-refractivity contribution in [1.82, 2.24) is 0 Å². The molecule has 0 aromatic heterocycles. The van der Waals surface area contributed by atoms with Crippen molar-refractivity contribution >= 4 is 0 Å². The lowest BCUT2D eigenvalue weighted by molar-refractivity contribution is 0.328. The standard InChI is InChI=1S/C29H58.C21H44.C19H38.C13H28/c1-4-7-19-28(20-8-5-2)23-14-11-17-26-29-24-15-9-12-21-27(18-6-3)22-13-10-16-25-29;1-5-9-16-21(17-10-6-2)19-13-11-12-18-20(14-7-3)15-8-4;1-3-5-13-19-16-10-6-8-14-18(12-4-2)15-9-7-11-17-19;1-4-7-10-13(11-8-5-2)12-9-6-3/h27-29H,4-26H2,1-3H3;20-21H,5-19H2,1-4H3;18-19H,3-17H2,1-2H3;13H,4-12H2,1-3H3. The fourth-order valence-electron chi connectivity index (χ4n) is 15.3. The number of unbranched alkanes of at least 4 members (excludes halogenated alkanes) is 12. The van der Waals surface area contributed by atoms with Crippen LogP contribution in [-0.2, 0) is 0 Å². The van der Waals surface area contributed by atoms with Gasteiger partial charge in [0.15, 0.2) is 0 Å². The maximum atomic E-state index is 2.37. The molecule has 0 unspecified atom stereocenters. The van der Waals surface area contributed by atoms with Gasteiger partial charge in [0.25, 0.3) is 0 Å². The summed E-state index contributed by atoms with van der Waals surface area (Å²) in [6.45, 7) is 28.0. The van der Waals surface area contributed by atoms with Gasteiger partial charge in [-0.2, -0.15) is 0 Å². The molecule has 82 heavy (non-hydrogen) atoms. The Balaban J connectivity index is 0. The van der Waals surface area contributed by atoms with Crippen molar-refractivity contribution in [2.75, 3.05) is 0 Å². The van der Waals surface area contributed by atoms with E-state index in [1.54, 1.807) is 0 Å². The van der Waals surface area contributed by atoms with Crippen LogP contribution in [0.4, 0.5) is 0 Å². The zero-order valence-corrected chi connectivity index (χ0v) is 60.5. The topological polar surface area (TPSA) is 0 Å². The minimum absolute atomic E-state index is 1.02. The Hall–Kier alpha value is 0. The zero-order chi connectivity index (χ0) is 60.5. The van der Waals surface area contributed by atoms with E-state index < -0.39 is 0 Å². The lowest BCUT2D eigenvalue weighted by Crippen LogP contribution is -2.05. The predicted molar refractivity (Wildman–Crippen MR) is 382 cm³/mol. The highest BCUT2D eigenvalue weighted by Crippen LogP contribution is 2.32. The average molecular weight is 1150 g/mol. The molecule has 496 valence electrons. The van der Waals surface area contributed by atoms with E-state index >= 15 is 0 Å². The molecule has 0 bridgehead atoms. The third kappa shape index (κ3) is 59.0. The molecule has 0 heterocycles. The van der Waals surface area contributed by atoms with Crippen molar-refractivity contribution < 1.29 is 0 Å². The molecule has 0 nitrogen and oxygen atoms in total. The third-order valence-electron chi connectivity index (χ3n) is 20.9. The van der Waals surface area contributed by atoms with Crippen molar-refractivity contribution in [2.24, 2.45) is 47.3 Å². The molecule has 2 rings (SSSR count). The van der Waals surface area contributed by atoms with Crippen molar-refractivity contribution in [1.29, 1.82) is 0 Å². The van der Waals surface area contributed by atoms with Gasteiger partial charge in [0.1, 0.15) is 0 Å². The Bertz CT molecular complexity index is 1040. The molecule has 0 N–H and O–H groups in total. The summed E-state index contributed by atoms with van der Waals surface area (Å²) in [4.78, 5) is 0. The van der Waals surface area contributed by atoms with Gasteiger partial charge in [-0.3, -0.25) is 0 Å². The van der Waals surface area contributed by atoms with Crippen molar-refractivity contribution in [2.45, 2.75) is 481 Å². The molecule has 2 aliphatic carbocycles. The minimum Gasteiger partial charge on any atom is -0.0654 e. The molecule has 0 aromatic rings. The molecular formula is C82H168. The first kappa shape index (κ1) is 84.1. The van der Waals surface area contributed by atoms with E-state index in [-0.39, 0.29) is 0 Å². The monoisotopic (exact) mass is 1150 g/mol. The van der Waals surface area contributed by atoms with Crippen LogP contribution in [0.25, 0.3) is 0 Å². The largest absolute Gasteiger partial charge is 0.0654 e. The summed E-state index contributed by atoms with van der Waals surface area (Å²) >= 11 is 0. The molecule has 0 saturated heterocycles. The highest BCUT2D eigenvalue weighted by Gasteiger charge is 2.16. The summed E-state index contributed by atoms with van der Waals surface area (Å²) in [6, 6.07) is 0. The maximum absolute atomic E-state index is 2.37. The molecule has 2 aliphatic rings. The number of rotatable bonds is 44. The molecule has 0 aromatic carbocycles. The van der Waals surface area contributed by atoms with E-state index in [0.29, 0.717) is 0 Å². The zero-order valence-electron chi connectivity index (χ0n) is 60.5. The van der Waals surface area contributed by atoms with E-state index in [1.807, 2.05) is 0 Å². The molecule has 2 fully saturated rings. The average Bonchev–Trinajstić information content (AvgIpc) is 3.47. The minimum atomic E-state index is 1.02. The van der Waals surface area contributed by atoms with Crippen LogP contribution in [0, 0.1) is 47.3 Å². The Labute approximate surface area is 525 Å². The van der Waals surface area contributed by atoms with Crippen LogP contribution >= 0.6 is 0 Å². The molecule has 0 heteroatoms. The molecule has 0 aliphatic heterocycles. The van der Waals surface area contributed by atoms with Crippen LogP contribution in [0.2, 0.25) is 0 Å². The summed E-state index contributed by atoms with van der Waals surface area (Å²) in [5, 5.41) is 0. The second-order valence-electron chi connectivity index (χ2n) is 29.0. The van der Waals surface area contributed by atoms with Gasteiger partial charge in [0, 0.05) is 0 Å². The van der Waals surface area contributed by atoms with E-state index in [9.17, 15) is 0 Å². The first-order valence-electron chi connectivity index (χ1n) is 40.3. The number of hydrogen-bond donors (Lipinski definition) is 0. The summed E-state index contributed by atoms with van der Waals surface area (Å²) < 4.78 is 0. The normalized spacial score (nSPS) is 19.0. The van der Waals surface area contributed by atoms with E-state index in [2.05, 4.69) is 83.1 Å². The fraction of sp³-hybridized carbons (Fsp3) is 1.00. The van der Waals surface area contributed by atoms with Gasteiger partial charge < -0.3 is 0 Å². The van der Waals surface area contributed by atoms with Gasteiger partial charge in [-0.15, -0.1) is 0 Å². The highest BCUT2D eigenvalue weighted by molar-refractivity contribution is 4.69. The summed E-state index contributed by atoms with van der Waals surface area (Å²) in [5.41, 5.74) is 0. The Kier molecular flexibility index (Phi) is 71.9. The first-order chi connectivity index (χ1) is 40.3. The third-order valence-corrected chi connectivity index (χ3v) is 20.9. The van der Waals surface area contributed by atoms with Crippen LogP contribution in [0.1, 0.15) is 481 Å². The van der Waals surface area contributed by atoms with E-state index in [1.165, 1.54) is 398 Å². The van der Waals surface area contributed by atoms with Crippen LogP contribution < -0.4 is 0 Å². The van der Waals surface area contributed by atoms with Gasteiger partial charge in [-0.25, -0.2) is 0 Å². The Morgan fingerprint density at radius 3 is 0.610 bits per heavy atom. The van der Waals surface area contributed by atoms with Gasteiger partial charge in [-0.05, 0) is 47.3 Å². The van der Waals surface area contributed by atoms with Crippen molar-refractivity contribution in [3.63, 3.8) is 0 Å². The molecule has 2 saturated carbocycles. The lowest BCUT2D eigenvalue weighted by Gasteiger charge is -2.21. The first-order valence-corrected chi connectivity index (χ1v) is 40.3. The smallest absolute Gasteiger partial charge is 0.0414 e. The van der Waals surface area contributed by atoms with Gasteiger partial charge in [-0.1, -0.05) is 481 Å². The molecule has 0 spiro atoms. The van der Waals surface area contributed by atoms with Crippen LogP contribution in [0.15, 0.2) is 0 Å². The molecular weight excluding hydrogens is 985 g/mol. The van der Waals surface area contributed by atoms with E-state index in [0.717, 1.165) is 47.3 Å². The van der Waals surface area contributed by atoms with Gasteiger partial charge >= 0.3 is 0 Å². The predicted octanol–water partition coefficient (Wildman–Crippen LogP) is 31.3. The van der Waals surface area contributed by atoms with E-state index in [4.69, 9.17) is 0 Å². The van der Waals surface area contributed by atoms with Gasteiger partial charge in [0.05, 0.1) is 0 Å². The summed E-state index contributed by atoms with van der Waals surface area (Å²) in [6.07, 6.45) is 91.3. The second kappa shape index (κ2) is 70.1. The lowest BCUT2D eigenvalue weighted by atomic mass is 9.85. The fourth-order valence-corrected chi connectivity index (χ4v) is 15.3. The Morgan fingerprint density at radius 2 is 0.378 bits per heavy atom. The van der Waals surface area contributed by atoms with Crippen molar-refractivity contribution in [3.8, 4) is 0 Å². The van der Waals surface area contributed by atoms with Crippen LogP contribution in [0.5, 0.6) is 0 Å². The SMILES string of the molecule is CCCCC(CCCC)CCCC.CCCCC(CCCC)CCCCCC(CCC)CCC.CCCCC(CCCC)CCCCCC1CCCCCC(CCC)CCCCC1.CCCCC1CCCCCC(CCC)CCCCC1. The maximum Gasteiger partial charge on any atom is -0.0414 e. The molecule has 0 atom stereocenters. The quantitative estimate of drug-likeness (QED) is 0.0534. The highest BCUT2D eigenvalue weighted by atomic mass is 14.2. The number of hydrogen-bond acceptors (Lipinski definition) is 0. The van der Waals surface area contributed by atoms with Crippen LogP contribution in [-0.4, -0.2) is 0 Å². The molecule has 0 amide bonds. The Morgan fingerprint density at radius 1 is 0.171 bits per heavy atom. The van der Waals surface area contributed by atoms with Crippen LogP contribution in [0.3, 0.4) is 0 Å². The summed E-state index contributed by atoms with van der Waals surface area (Å²) in [7, 11) is 0. The molecule has 0 radical (unpaired) electrons.